The van der Waals surface area contributed by atoms with Gasteiger partial charge in [0.25, 0.3) is 5.91 Å². The summed E-state index contributed by atoms with van der Waals surface area (Å²) in [5.41, 5.74) is 3.66. The molecule has 0 saturated carbocycles. The molecule has 0 unspecified atom stereocenters. The molecule has 5 heteroatoms. The number of carbonyl (C=O) groups is 1. The first-order valence-corrected chi connectivity index (χ1v) is 8.64. The van der Waals surface area contributed by atoms with Gasteiger partial charge in [0.15, 0.2) is 0 Å². The largest absolute Gasteiger partial charge is 0.497 e. The molecule has 0 radical (unpaired) electrons. The van der Waals surface area contributed by atoms with Gasteiger partial charge < -0.3 is 20.7 Å². The lowest BCUT2D eigenvalue weighted by atomic mass is 10.1. The average molecular weight is 341 g/mol. The van der Waals surface area contributed by atoms with Crippen LogP contribution in [-0.2, 0) is 0 Å². The molecule has 134 valence electrons. The van der Waals surface area contributed by atoms with Crippen molar-refractivity contribution in [1.29, 1.82) is 0 Å². The lowest BCUT2D eigenvalue weighted by Crippen LogP contribution is -2.27. The van der Waals surface area contributed by atoms with Gasteiger partial charge in [0.1, 0.15) is 5.75 Å². The Labute approximate surface area is 149 Å². The van der Waals surface area contributed by atoms with Gasteiger partial charge in [-0.3, -0.25) is 4.79 Å². The van der Waals surface area contributed by atoms with E-state index in [0.29, 0.717) is 12.1 Å². The molecule has 0 fully saturated rings. The van der Waals surface area contributed by atoms with Crippen molar-refractivity contribution < 1.29 is 9.53 Å². The highest BCUT2D eigenvalue weighted by atomic mass is 16.5. The van der Waals surface area contributed by atoms with Crippen molar-refractivity contribution in [2.75, 3.05) is 32.1 Å². The highest BCUT2D eigenvalue weighted by Gasteiger charge is 2.07. The molecule has 0 atom stereocenters. The molecule has 0 spiro atoms. The number of aryl methyl sites for hydroxylation is 1. The van der Waals surface area contributed by atoms with E-state index in [1.165, 1.54) is 0 Å². The first kappa shape index (κ1) is 18.8. The summed E-state index contributed by atoms with van der Waals surface area (Å²) in [6.45, 7) is 6.61. The third kappa shape index (κ3) is 5.80. The van der Waals surface area contributed by atoms with Crippen molar-refractivity contribution in [2.24, 2.45) is 0 Å². The molecule has 5 nitrogen and oxygen atoms in total. The van der Waals surface area contributed by atoms with Gasteiger partial charge in [-0.15, -0.1) is 0 Å². The van der Waals surface area contributed by atoms with E-state index in [-0.39, 0.29) is 5.91 Å². The Morgan fingerprint density at radius 3 is 2.48 bits per heavy atom. The number of rotatable bonds is 9. The number of nitrogens with one attached hydrogen (secondary N) is 3. The van der Waals surface area contributed by atoms with Crippen molar-refractivity contribution in [3.8, 4) is 5.75 Å². The molecule has 0 aliphatic heterocycles. The van der Waals surface area contributed by atoms with Crippen molar-refractivity contribution in [3.05, 3.63) is 53.6 Å². The number of benzene rings is 2. The summed E-state index contributed by atoms with van der Waals surface area (Å²) in [4.78, 5) is 12.2. The quantitative estimate of drug-likeness (QED) is 0.611. The van der Waals surface area contributed by atoms with Crippen LogP contribution in [-0.4, -0.2) is 32.7 Å². The highest BCUT2D eigenvalue weighted by Crippen LogP contribution is 2.23. The smallest absolute Gasteiger partial charge is 0.251 e. The zero-order valence-electron chi connectivity index (χ0n) is 15.2. The van der Waals surface area contributed by atoms with E-state index in [4.69, 9.17) is 4.74 Å². The summed E-state index contributed by atoms with van der Waals surface area (Å²) in [6.07, 6.45) is 0.926. The maximum Gasteiger partial charge on any atom is 0.251 e. The monoisotopic (exact) mass is 341 g/mol. The van der Waals surface area contributed by atoms with Gasteiger partial charge in [0.2, 0.25) is 0 Å². The number of ether oxygens (including phenoxy) is 1. The van der Waals surface area contributed by atoms with E-state index < -0.39 is 0 Å². The molecular formula is C20H27N3O2. The molecule has 2 rings (SSSR count). The van der Waals surface area contributed by atoms with Crippen molar-refractivity contribution >= 4 is 17.3 Å². The van der Waals surface area contributed by atoms with Crippen LogP contribution in [0.1, 0.15) is 29.3 Å². The number of anilines is 2. The average Bonchev–Trinajstić information content (AvgIpc) is 2.63. The second kappa shape index (κ2) is 9.69. The minimum Gasteiger partial charge on any atom is -0.497 e. The van der Waals surface area contributed by atoms with Crippen LogP contribution < -0.4 is 20.7 Å². The number of hydrogen-bond acceptors (Lipinski definition) is 4. The molecule has 2 aromatic rings. The lowest BCUT2D eigenvalue weighted by Gasteiger charge is -2.12. The van der Waals surface area contributed by atoms with Crippen LogP contribution in [0.25, 0.3) is 0 Å². The fraction of sp³-hybridized carbons (Fsp3) is 0.350. The summed E-state index contributed by atoms with van der Waals surface area (Å²) in [5, 5.41) is 9.56. The van der Waals surface area contributed by atoms with Gasteiger partial charge in [0, 0.05) is 23.5 Å². The summed E-state index contributed by atoms with van der Waals surface area (Å²) in [7, 11) is 1.65. The van der Waals surface area contributed by atoms with Gasteiger partial charge in [-0.2, -0.15) is 0 Å². The number of amides is 1. The van der Waals surface area contributed by atoms with Crippen LogP contribution in [0.3, 0.4) is 0 Å². The van der Waals surface area contributed by atoms with Crippen molar-refractivity contribution in [3.63, 3.8) is 0 Å². The molecule has 0 saturated heterocycles. The second-order valence-corrected chi connectivity index (χ2v) is 5.85. The minimum absolute atomic E-state index is 0.0319. The van der Waals surface area contributed by atoms with E-state index in [1.807, 2.05) is 49.4 Å². The first-order chi connectivity index (χ1) is 12.1. The van der Waals surface area contributed by atoms with Crippen LogP contribution in [0, 0.1) is 6.92 Å². The summed E-state index contributed by atoms with van der Waals surface area (Å²) < 4.78 is 5.16. The van der Waals surface area contributed by atoms with Crippen LogP contribution in [0.2, 0.25) is 0 Å². The summed E-state index contributed by atoms with van der Waals surface area (Å²) in [5.74, 6) is 0.791. The Hall–Kier alpha value is -2.53. The molecule has 3 N–H and O–H groups in total. The molecule has 2 aromatic carbocycles. The fourth-order valence-corrected chi connectivity index (χ4v) is 2.47. The van der Waals surface area contributed by atoms with Crippen LogP contribution >= 0.6 is 0 Å². The standard InChI is InChI=1S/C20H27N3O2/c1-4-21-12-5-13-22-20(24)16-6-11-19(15(2)14-16)23-17-7-9-18(25-3)10-8-17/h6-11,14,21,23H,4-5,12-13H2,1-3H3,(H,22,24). The Kier molecular flexibility index (Phi) is 7.29. The summed E-state index contributed by atoms with van der Waals surface area (Å²) >= 11 is 0. The van der Waals surface area contributed by atoms with Crippen LogP contribution in [0.4, 0.5) is 11.4 Å². The van der Waals surface area contributed by atoms with Crippen LogP contribution in [0.5, 0.6) is 5.75 Å². The Bertz CT molecular complexity index is 684. The van der Waals surface area contributed by atoms with Gasteiger partial charge in [-0.1, -0.05) is 6.92 Å². The van der Waals surface area contributed by atoms with E-state index in [0.717, 1.165) is 42.2 Å². The van der Waals surface area contributed by atoms with E-state index in [1.54, 1.807) is 7.11 Å². The Morgan fingerprint density at radius 1 is 1.08 bits per heavy atom. The third-order valence-corrected chi connectivity index (χ3v) is 3.92. The lowest BCUT2D eigenvalue weighted by molar-refractivity contribution is 0.0953. The topological polar surface area (TPSA) is 62.4 Å². The molecule has 0 aliphatic carbocycles. The van der Waals surface area contributed by atoms with Gasteiger partial charge in [-0.05, 0) is 74.5 Å². The molecule has 0 heterocycles. The maximum absolute atomic E-state index is 12.2. The van der Waals surface area contributed by atoms with Gasteiger partial charge in [0.05, 0.1) is 7.11 Å². The molecule has 25 heavy (non-hydrogen) atoms. The SMILES string of the molecule is CCNCCCNC(=O)c1ccc(Nc2ccc(OC)cc2)c(C)c1. The normalized spacial score (nSPS) is 10.4. The van der Waals surface area contributed by atoms with Crippen LogP contribution in [0.15, 0.2) is 42.5 Å². The molecule has 1 amide bonds. The Balaban J connectivity index is 1.93. The fourth-order valence-electron chi connectivity index (χ4n) is 2.47. The highest BCUT2D eigenvalue weighted by molar-refractivity contribution is 5.95. The first-order valence-electron chi connectivity index (χ1n) is 8.64. The van der Waals surface area contributed by atoms with E-state index in [9.17, 15) is 4.79 Å². The molecular weight excluding hydrogens is 314 g/mol. The summed E-state index contributed by atoms with van der Waals surface area (Å²) in [6, 6.07) is 13.4. The zero-order chi connectivity index (χ0) is 18.1. The van der Waals surface area contributed by atoms with E-state index >= 15 is 0 Å². The second-order valence-electron chi connectivity index (χ2n) is 5.85. The van der Waals surface area contributed by atoms with Gasteiger partial charge in [-0.25, -0.2) is 0 Å². The zero-order valence-corrected chi connectivity index (χ0v) is 15.2. The minimum atomic E-state index is -0.0319. The number of carbonyl (C=O) groups excluding carboxylic acids is 1. The molecule has 0 aromatic heterocycles. The Morgan fingerprint density at radius 2 is 1.84 bits per heavy atom. The molecule has 0 bridgehead atoms. The predicted octanol–water partition coefficient (Wildman–Crippen LogP) is 3.48. The van der Waals surface area contributed by atoms with E-state index in [2.05, 4.69) is 22.9 Å². The number of hydrogen-bond donors (Lipinski definition) is 3. The van der Waals surface area contributed by atoms with Gasteiger partial charge >= 0.3 is 0 Å². The third-order valence-electron chi connectivity index (χ3n) is 3.92. The van der Waals surface area contributed by atoms with Crippen molar-refractivity contribution in [2.45, 2.75) is 20.3 Å². The maximum atomic E-state index is 12.2. The molecule has 0 aliphatic rings. The number of methoxy groups -OCH3 is 1. The van der Waals surface area contributed by atoms with Crippen molar-refractivity contribution in [1.82, 2.24) is 10.6 Å². The predicted molar refractivity (Wildman–Crippen MR) is 103 cm³/mol.